The average molecular weight is 250 g/mol. The van der Waals surface area contributed by atoms with E-state index in [1.807, 2.05) is 6.92 Å². The number of hydrogen-bond acceptors (Lipinski definition) is 3. The SMILES string of the molecule is C[C@H]1C(=O)OC2=C1[C@@H](O)[C@@]1(C)[C@H](CCC[C@@H]1C)C2. The molecule has 0 saturated heterocycles. The van der Waals surface area contributed by atoms with Crippen molar-refractivity contribution in [1.29, 1.82) is 0 Å². The standard InChI is InChI=1S/C15H22O3/c1-8-5-4-6-10-7-11-12(9(2)14(17)18-11)13(16)15(8,10)3/h8-10,13,16H,4-7H2,1-3H3/t8-,9+,10+,13+,15+/m0/s1. The molecule has 2 aliphatic carbocycles. The minimum Gasteiger partial charge on any atom is -0.431 e. The Morgan fingerprint density at radius 1 is 1.33 bits per heavy atom. The van der Waals surface area contributed by atoms with Crippen LogP contribution in [-0.2, 0) is 9.53 Å². The van der Waals surface area contributed by atoms with Crippen LogP contribution in [0, 0.1) is 23.2 Å². The number of hydrogen-bond donors (Lipinski definition) is 1. The lowest BCUT2D eigenvalue weighted by Gasteiger charge is -2.52. The molecule has 0 aromatic rings. The molecular weight excluding hydrogens is 228 g/mol. The molecule has 5 atom stereocenters. The molecule has 0 bridgehead atoms. The lowest BCUT2D eigenvalue weighted by molar-refractivity contribution is -0.139. The van der Waals surface area contributed by atoms with Crippen LogP contribution in [0.3, 0.4) is 0 Å². The summed E-state index contributed by atoms with van der Waals surface area (Å²) in [7, 11) is 0. The smallest absolute Gasteiger partial charge is 0.318 e. The number of aliphatic hydroxyl groups is 1. The molecule has 0 spiro atoms. The predicted molar refractivity (Wildman–Crippen MR) is 67.5 cm³/mol. The number of rotatable bonds is 0. The van der Waals surface area contributed by atoms with Gasteiger partial charge in [-0.3, -0.25) is 4.79 Å². The first-order valence-corrected chi connectivity index (χ1v) is 7.09. The Labute approximate surface area is 108 Å². The molecule has 1 saturated carbocycles. The molecule has 1 fully saturated rings. The Kier molecular flexibility index (Phi) is 2.60. The first-order valence-electron chi connectivity index (χ1n) is 7.09. The summed E-state index contributed by atoms with van der Waals surface area (Å²) in [6.07, 6.45) is 3.86. The highest BCUT2D eigenvalue weighted by molar-refractivity contribution is 5.80. The first kappa shape index (κ1) is 12.2. The third-order valence-electron chi connectivity index (χ3n) is 5.81. The topological polar surface area (TPSA) is 46.5 Å². The molecule has 0 unspecified atom stereocenters. The highest BCUT2D eigenvalue weighted by atomic mass is 16.5. The highest BCUT2D eigenvalue weighted by Crippen LogP contribution is 2.57. The van der Waals surface area contributed by atoms with Crippen LogP contribution in [0.1, 0.15) is 46.5 Å². The summed E-state index contributed by atoms with van der Waals surface area (Å²) < 4.78 is 5.36. The third kappa shape index (κ3) is 1.37. The first-order chi connectivity index (χ1) is 8.46. The number of carbonyl (C=O) groups is 1. The zero-order valence-electron chi connectivity index (χ0n) is 11.4. The maximum atomic E-state index is 11.7. The second kappa shape index (κ2) is 3.83. The van der Waals surface area contributed by atoms with E-state index in [1.54, 1.807) is 0 Å². The summed E-state index contributed by atoms with van der Waals surface area (Å²) in [5.41, 5.74) is 0.784. The Balaban J connectivity index is 2.03. The fourth-order valence-corrected chi connectivity index (χ4v) is 4.25. The normalized spacial score (nSPS) is 47.7. The molecular formula is C15H22O3. The van der Waals surface area contributed by atoms with Crippen LogP contribution < -0.4 is 0 Å². The number of carbonyl (C=O) groups excluding carboxylic acids is 1. The number of ether oxygens (including phenoxy) is 1. The molecule has 1 aliphatic heterocycles. The van der Waals surface area contributed by atoms with Crippen molar-refractivity contribution in [2.75, 3.05) is 0 Å². The van der Waals surface area contributed by atoms with E-state index >= 15 is 0 Å². The van der Waals surface area contributed by atoms with Gasteiger partial charge in [-0.15, -0.1) is 0 Å². The van der Waals surface area contributed by atoms with E-state index in [4.69, 9.17) is 4.74 Å². The van der Waals surface area contributed by atoms with Crippen molar-refractivity contribution in [2.45, 2.75) is 52.6 Å². The molecule has 0 aromatic carbocycles. The third-order valence-corrected chi connectivity index (χ3v) is 5.81. The van der Waals surface area contributed by atoms with Crippen molar-refractivity contribution in [2.24, 2.45) is 23.2 Å². The van der Waals surface area contributed by atoms with Gasteiger partial charge >= 0.3 is 5.97 Å². The van der Waals surface area contributed by atoms with Gasteiger partial charge in [-0.2, -0.15) is 0 Å². The highest BCUT2D eigenvalue weighted by Gasteiger charge is 2.55. The van der Waals surface area contributed by atoms with Gasteiger partial charge in [0.05, 0.1) is 12.0 Å². The van der Waals surface area contributed by atoms with Gasteiger partial charge in [0.2, 0.25) is 0 Å². The van der Waals surface area contributed by atoms with E-state index in [2.05, 4.69) is 13.8 Å². The van der Waals surface area contributed by atoms with Gasteiger partial charge in [0.25, 0.3) is 0 Å². The van der Waals surface area contributed by atoms with Crippen molar-refractivity contribution in [3.8, 4) is 0 Å². The molecule has 3 rings (SSSR count). The van der Waals surface area contributed by atoms with E-state index in [9.17, 15) is 9.90 Å². The number of fused-ring (bicyclic) bond motifs is 1. The van der Waals surface area contributed by atoms with Gasteiger partial charge in [-0.25, -0.2) is 0 Å². The second-order valence-corrected chi connectivity index (χ2v) is 6.52. The van der Waals surface area contributed by atoms with Crippen LogP contribution >= 0.6 is 0 Å². The van der Waals surface area contributed by atoms with Crippen LogP contribution in [0.25, 0.3) is 0 Å². The van der Waals surface area contributed by atoms with Gasteiger partial charge in [-0.1, -0.05) is 26.7 Å². The number of allylic oxidation sites excluding steroid dienone is 1. The summed E-state index contributed by atoms with van der Waals surface area (Å²) in [5.74, 6) is 1.28. The van der Waals surface area contributed by atoms with E-state index in [0.29, 0.717) is 11.8 Å². The molecule has 3 aliphatic rings. The van der Waals surface area contributed by atoms with Crippen LogP contribution in [0.4, 0.5) is 0 Å². The predicted octanol–water partition coefficient (Wildman–Crippen LogP) is 2.64. The Bertz CT molecular complexity index is 425. The number of aliphatic hydroxyl groups excluding tert-OH is 1. The van der Waals surface area contributed by atoms with Crippen molar-refractivity contribution >= 4 is 5.97 Å². The second-order valence-electron chi connectivity index (χ2n) is 6.52. The molecule has 3 nitrogen and oxygen atoms in total. The van der Waals surface area contributed by atoms with E-state index in [1.165, 1.54) is 12.8 Å². The molecule has 0 aromatic heterocycles. The van der Waals surface area contributed by atoms with Gasteiger partial charge in [0, 0.05) is 17.4 Å². The minimum atomic E-state index is -0.511. The largest absolute Gasteiger partial charge is 0.431 e. The van der Waals surface area contributed by atoms with Crippen LogP contribution in [0.5, 0.6) is 0 Å². The molecule has 1 heterocycles. The Morgan fingerprint density at radius 2 is 2.06 bits per heavy atom. The monoisotopic (exact) mass is 250 g/mol. The fraction of sp³-hybridized carbons (Fsp3) is 0.800. The minimum absolute atomic E-state index is 0.0840. The van der Waals surface area contributed by atoms with Gasteiger partial charge in [0.1, 0.15) is 5.76 Å². The summed E-state index contributed by atoms with van der Waals surface area (Å²) in [4.78, 5) is 11.7. The van der Waals surface area contributed by atoms with Gasteiger partial charge < -0.3 is 9.84 Å². The number of esters is 1. The summed E-state index contributed by atoms with van der Waals surface area (Å²) in [6, 6.07) is 0. The average Bonchev–Trinajstić information content (AvgIpc) is 2.60. The molecule has 1 N–H and O–H groups in total. The fourth-order valence-electron chi connectivity index (χ4n) is 4.25. The van der Waals surface area contributed by atoms with Crippen molar-refractivity contribution in [1.82, 2.24) is 0 Å². The molecule has 0 amide bonds. The van der Waals surface area contributed by atoms with Crippen LogP contribution in [-0.4, -0.2) is 17.2 Å². The van der Waals surface area contributed by atoms with Gasteiger partial charge in [-0.05, 0) is 25.2 Å². The molecule has 3 heteroatoms. The van der Waals surface area contributed by atoms with E-state index in [0.717, 1.165) is 24.2 Å². The lowest BCUT2D eigenvalue weighted by atomic mass is 9.54. The molecule has 100 valence electrons. The Hall–Kier alpha value is -0.830. The Morgan fingerprint density at radius 3 is 2.78 bits per heavy atom. The molecule has 0 radical (unpaired) electrons. The van der Waals surface area contributed by atoms with E-state index < -0.39 is 6.10 Å². The maximum absolute atomic E-state index is 11.7. The van der Waals surface area contributed by atoms with Crippen molar-refractivity contribution in [3.63, 3.8) is 0 Å². The van der Waals surface area contributed by atoms with Crippen LogP contribution in [0.15, 0.2) is 11.3 Å². The quantitative estimate of drug-likeness (QED) is 0.672. The zero-order valence-corrected chi connectivity index (χ0v) is 11.4. The van der Waals surface area contributed by atoms with Crippen LogP contribution in [0.2, 0.25) is 0 Å². The summed E-state index contributed by atoms with van der Waals surface area (Å²) in [6.45, 7) is 6.29. The summed E-state index contributed by atoms with van der Waals surface area (Å²) >= 11 is 0. The zero-order chi connectivity index (χ0) is 13.1. The van der Waals surface area contributed by atoms with Gasteiger partial charge in [0.15, 0.2) is 0 Å². The lowest BCUT2D eigenvalue weighted by Crippen LogP contribution is -2.50. The molecule has 18 heavy (non-hydrogen) atoms. The maximum Gasteiger partial charge on any atom is 0.318 e. The van der Waals surface area contributed by atoms with Crippen molar-refractivity contribution < 1.29 is 14.6 Å². The van der Waals surface area contributed by atoms with Crippen molar-refractivity contribution in [3.05, 3.63) is 11.3 Å². The summed E-state index contributed by atoms with van der Waals surface area (Å²) in [5, 5.41) is 10.8. The van der Waals surface area contributed by atoms with E-state index in [-0.39, 0.29) is 17.3 Å².